The fourth-order valence-corrected chi connectivity index (χ4v) is 4.04. The minimum absolute atomic E-state index is 0.0199. The van der Waals surface area contributed by atoms with Crippen LogP contribution in [0.1, 0.15) is 31.5 Å². The van der Waals surface area contributed by atoms with Crippen LogP contribution in [0, 0.1) is 11.8 Å². The molecule has 1 N–H and O–H groups in total. The molecular formula is C18H29N5O2. The minimum atomic E-state index is -0.156. The lowest BCUT2D eigenvalue weighted by Crippen LogP contribution is -2.52. The molecule has 1 aliphatic carbocycles. The topological polar surface area (TPSA) is 70.5 Å². The lowest BCUT2D eigenvalue weighted by molar-refractivity contribution is -0.145. The van der Waals surface area contributed by atoms with E-state index in [1.54, 1.807) is 7.05 Å². The molecule has 1 saturated carbocycles. The fourth-order valence-electron chi connectivity index (χ4n) is 4.04. The number of nitrogens with one attached hydrogen (secondary N) is 1. The zero-order chi connectivity index (χ0) is 17.8. The molecule has 2 fully saturated rings. The van der Waals surface area contributed by atoms with Gasteiger partial charge in [0.2, 0.25) is 11.8 Å². The molecule has 0 unspecified atom stereocenters. The van der Waals surface area contributed by atoms with E-state index in [2.05, 4.69) is 15.2 Å². The van der Waals surface area contributed by atoms with Crippen LogP contribution in [0.4, 0.5) is 0 Å². The normalized spacial score (nSPS) is 25.0. The minimum Gasteiger partial charge on any atom is -0.359 e. The molecule has 1 saturated heterocycles. The smallest absolute Gasteiger partial charge is 0.226 e. The first kappa shape index (κ1) is 17.9. The SMILES string of the molecule is CNC(=O)[C@@H]1CCCC[C@@H]1C(=O)N1CCN(Cc2nccn2C)CC1. The number of nitrogens with zero attached hydrogens (tertiary/aromatic N) is 4. The maximum atomic E-state index is 13.0. The summed E-state index contributed by atoms with van der Waals surface area (Å²) in [7, 11) is 3.67. The molecule has 0 bridgehead atoms. The molecule has 2 aliphatic rings. The van der Waals surface area contributed by atoms with Crippen LogP contribution in [-0.2, 0) is 23.2 Å². The molecule has 7 heteroatoms. The molecule has 7 nitrogen and oxygen atoms in total. The molecule has 2 amide bonds. The van der Waals surface area contributed by atoms with Crippen LogP contribution in [-0.4, -0.2) is 64.4 Å². The Kier molecular flexibility index (Phi) is 5.73. The standard InChI is InChI=1S/C18H29N5O2/c1-19-17(24)14-5-3-4-6-15(14)18(25)23-11-9-22(10-12-23)13-16-20-7-8-21(16)2/h7-8,14-15H,3-6,9-13H2,1-2H3,(H,19,24)/t14-,15+/m1/s1. The number of carbonyl (C=O) groups excluding carboxylic acids is 2. The molecule has 1 aromatic heterocycles. The highest BCUT2D eigenvalue weighted by molar-refractivity contribution is 5.87. The van der Waals surface area contributed by atoms with E-state index >= 15 is 0 Å². The Labute approximate surface area is 149 Å². The summed E-state index contributed by atoms with van der Waals surface area (Å²) in [6, 6.07) is 0. The number of carbonyl (C=O) groups is 2. The average Bonchev–Trinajstić information content (AvgIpc) is 3.06. The molecule has 0 radical (unpaired) electrons. The third kappa shape index (κ3) is 4.03. The van der Waals surface area contributed by atoms with Crippen LogP contribution >= 0.6 is 0 Å². The van der Waals surface area contributed by atoms with Crippen LogP contribution < -0.4 is 5.32 Å². The van der Waals surface area contributed by atoms with Gasteiger partial charge in [0.05, 0.1) is 6.54 Å². The van der Waals surface area contributed by atoms with E-state index in [-0.39, 0.29) is 23.7 Å². The second-order valence-corrected chi connectivity index (χ2v) is 7.17. The summed E-state index contributed by atoms with van der Waals surface area (Å²) in [6.07, 6.45) is 7.52. The van der Waals surface area contributed by atoms with Crippen LogP contribution in [0.2, 0.25) is 0 Å². The predicted octanol–water partition coefficient (Wildman–Crippen LogP) is 0.617. The lowest BCUT2D eigenvalue weighted by Gasteiger charge is -2.38. The first-order chi connectivity index (χ1) is 12.1. The van der Waals surface area contributed by atoms with Crippen LogP contribution in [0.3, 0.4) is 0 Å². The first-order valence-electron chi connectivity index (χ1n) is 9.29. The zero-order valence-corrected chi connectivity index (χ0v) is 15.3. The van der Waals surface area contributed by atoms with E-state index in [9.17, 15) is 9.59 Å². The molecule has 0 spiro atoms. The Morgan fingerprint density at radius 3 is 2.44 bits per heavy atom. The van der Waals surface area contributed by atoms with E-state index in [1.807, 2.05) is 28.9 Å². The van der Waals surface area contributed by atoms with Gasteiger partial charge in [0.1, 0.15) is 5.82 Å². The van der Waals surface area contributed by atoms with Crippen molar-refractivity contribution >= 4 is 11.8 Å². The summed E-state index contributed by atoms with van der Waals surface area (Å²) in [5.41, 5.74) is 0. The molecule has 25 heavy (non-hydrogen) atoms. The Bertz CT molecular complexity index is 606. The summed E-state index contributed by atoms with van der Waals surface area (Å²) >= 11 is 0. The maximum Gasteiger partial charge on any atom is 0.226 e. The number of hydrogen-bond donors (Lipinski definition) is 1. The second kappa shape index (κ2) is 7.99. The van der Waals surface area contributed by atoms with Gasteiger partial charge in [-0.1, -0.05) is 12.8 Å². The monoisotopic (exact) mass is 347 g/mol. The highest BCUT2D eigenvalue weighted by Crippen LogP contribution is 2.32. The largest absolute Gasteiger partial charge is 0.359 e. The van der Waals surface area contributed by atoms with Crippen molar-refractivity contribution in [3.8, 4) is 0 Å². The summed E-state index contributed by atoms with van der Waals surface area (Å²) in [5, 5.41) is 2.73. The third-order valence-electron chi connectivity index (χ3n) is 5.64. The van der Waals surface area contributed by atoms with E-state index in [0.717, 1.165) is 64.2 Å². The van der Waals surface area contributed by atoms with E-state index in [0.29, 0.717) is 0 Å². The first-order valence-corrected chi connectivity index (χ1v) is 9.29. The van der Waals surface area contributed by atoms with Crippen LogP contribution in [0.25, 0.3) is 0 Å². The average molecular weight is 347 g/mol. The van der Waals surface area contributed by atoms with Crippen LogP contribution in [0.15, 0.2) is 12.4 Å². The van der Waals surface area contributed by atoms with Gasteiger partial charge in [-0.25, -0.2) is 4.98 Å². The Morgan fingerprint density at radius 1 is 1.16 bits per heavy atom. The van der Waals surface area contributed by atoms with Crippen molar-refractivity contribution in [2.24, 2.45) is 18.9 Å². The molecule has 2 atom stereocenters. The van der Waals surface area contributed by atoms with Gasteiger partial charge >= 0.3 is 0 Å². The number of aryl methyl sites for hydroxylation is 1. The Morgan fingerprint density at radius 2 is 1.84 bits per heavy atom. The van der Waals surface area contributed by atoms with Gasteiger partial charge in [0.15, 0.2) is 0 Å². The van der Waals surface area contributed by atoms with E-state index in [4.69, 9.17) is 0 Å². The van der Waals surface area contributed by atoms with Crippen molar-refractivity contribution in [2.75, 3.05) is 33.2 Å². The van der Waals surface area contributed by atoms with Crippen molar-refractivity contribution in [1.29, 1.82) is 0 Å². The Hall–Kier alpha value is -1.89. The zero-order valence-electron chi connectivity index (χ0n) is 15.3. The lowest BCUT2D eigenvalue weighted by atomic mass is 9.77. The van der Waals surface area contributed by atoms with Crippen molar-refractivity contribution in [2.45, 2.75) is 32.2 Å². The number of amides is 2. The maximum absolute atomic E-state index is 13.0. The molecule has 0 aromatic carbocycles. The number of imidazole rings is 1. The fraction of sp³-hybridized carbons (Fsp3) is 0.722. The quantitative estimate of drug-likeness (QED) is 0.867. The molecule has 138 valence electrons. The highest BCUT2D eigenvalue weighted by atomic mass is 16.2. The number of hydrogen-bond acceptors (Lipinski definition) is 4. The van der Waals surface area contributed by atoms with E-state index in [1.165, 1.54) is 0 Å². The summed E-state index contributed by atoms with van der Waals surface area (Å²) in [5.74, 6) is 0.940. The molecule has 1 aliphatic heterocycles. The van der Waals surface area contributed by atoms with Gasteiger partial charge in [0, 0.05) is 64.5 Å². The summed E-state index contributed by atoms with van der Waals surface area (Å²) in [4.78, 5) is 33.8. The summed E-state index contributed by atoms with van der Waals surface area (Å²) in [6.45, 7) is 4.00. The van der Waals surface area contributed by atoms with E-state index < -0.39 is 0 Å². The number of rotatable bonds is 4. The van der Waals surface area contributed by atoms with Gasteiger partial charge in [0.25, 0.3) is 0 Å². The molecule has 1 aromatic rings. The van der Waals surface area contributed by atoms with Gasteiger partial charge < -0.3 is 14.8 Å². The van der Waals surface area contributed by atoms with Crippen molar-refractivity contribution in [1.82, 2.24) is 24.7 Å². The molecule has 3 rings (SSSR count). The van der Waals surface area contributed by atoms with Crippen molar-refractivity contribution in [3.63, 3.8) is 0 Å². The second-order valence-electron chi connectivity index (χ2n) is 7.17. The highest BCUT2D eigenvalue weighted by Gasteiger charge is 2.38. The van der Waals surface area contributed by atoms with Crippen molar-refractivity contribution in [3.05, 3.63) is 18.2 Å². The summed E-state index contributed by atoms with van der Waals surface area (Å²) < 4.78 is 2.04. The Balaban J connectivity index is 1.55. The third-order valence-corrected chi connectivity index (χ3v) is 5.64. The van der Waals surface area contributed by atoms with Gasteiger partial charge in [-0.2, -0.15) is 0 Å². The van der Waals surface area contributed by atoms with Gasteiger partial charge in [-0.3, -0.25) is 14.5 Å². The molecule has 2 heterocycles. The molecular weight excluding hydrogens is 318 g/mol. The van der Waals surface area contributed by atoms with Crippen molar-refractivity contribution < 1.29 is 9.59 Å². The number of piperazine rings is 1. The number of aromatic nitrogens is 2. The predicted molar refractivity (Wildman–Crippen MR) is 94.6 cm³/mol. The van der Waals surface area contributed by atoms with Crippen LogP contribution in [0.5, 0.6) is 0 Å². The van der Waals surface area contributed by atoms with Gasteiger partial charge in [-0.05, 0) is 12.8 Å². The van der Waals surface area contributed by atoms with Gasteiger partial charge in [-0.15, -0.1) is 0 Å².